The third kappa shape index (κ3) is 1.89. The number of likely N-dealkylation sites (N-methyl/N-ethyl adjacent to an activating group) is 1. The molecule has 1 aliphatic rings. The molecule has 3 heterocycles. The number of piperazine rings is 1. The number of anilines is 1. The van der Waals surface area contributed by atoms with Gasteiger partial charge in [-0.3, -0.25) is 0 Å². The number of halogens is 2. The van der Waals surface area contributed by atoms with Crippen LogP contribution >= 0.6 is 0 Å². The van der Waals surface area contributed by atoms with Crippen molar-refractivity contribution in [3.8, 4) is 0 Å². The highest BCUT2D eigenvalue weighted by atomic mass is 19.2. The van der Waals surface area contributed by atoms with Crippen LogP contribution in [0.25, 0.3) is 16.7 Å². The molecule has 0 saturated carbocycles. The van der Waals surface area contributed by atoms with Crippen LogP contribution in [0.4, 0.5) is 14.6 Å². The Labute approximate surface area is 124 Å². The summed E-state index contributed by atoms with van der Waals surface area (Å²) in [7, 11) is 2.05. The number of benzene rings is 1. The molecule has 0 N–H and O–H groups in total. The molecule has 1 fully saturated rings. The highest BCUT2D eigenvalue weighted by molar-refractivity contribution is 5.83. The molecule has 0 atom stereocenters. The lowest BCUT2D eigenvalue weighted by Gasteiger charge is -2.33. The zero-order valence-corrected chi connectivity index (χ0v) is 11.9. The van der Waals surface area contributed by atoms with Gasteiger partial charge >= 0.3 is 0 Å². The third-order valence-electron chi connectivity index (χ3n) is 3.96. The van der Waals surface area contributed by atoms with Crippen molar-refractivity contribution in [1.82, 2.24) is 29.9 Å². The summed E-state index contributed by atoms with van der Waals surface area (Å²) in [6.07, 6.45) is 0. The van der Waals surface area contributed by atoms with Crippen molar-refractivity contribution in [2.75, 3.05) is 38.1 Å². The summed E-state index contributed by atoms with van der Waals surface area (Å²) in [6, 6.07) is 2.50. The molecule has 0 unspecified atom stereocenters. The van der Waals surface area contributed by atoms with Crippen molar-refractivity contribution in [2.45, 2.75) is 0 Å². The van der Waals surface area contributed by atoms with Crippen LogP contribution in [0.5, 0.6) is 0 Å². The van der Waals surface area contributed by atoms with Crippen molar-refractivity contribution >= 4 is 22.5 Å². The smallest absolute Gasteiger partial charge is 0.222 e. The number of tetrazole rings is 1. The first-order chi connectivity index (χ1) is 10.6. The molecule has 0 radical (unpaired) electrons. The van der Waals surface area contributed by atoms with Gasteiger partial charge in [-0.1, -0.05) is 0 Å². The van der Waals surface area contributed by atoms with E-state index in [1.807, 2.05) is 0 Å². The summed E-state index contributed by atoms with van der Waals surface area (Å²) in [5.74, 6) is -1.35. The molecule has 0 aliphatic carbocycles. The van der Waals surface area contributed by atoms with Crippen molar-refractivity contribution in [2.24, 2.45) is 0 Å². The average Bonchev–Trinajstić information content (AvgIpc) is 3.00. The Morgan fingerprint density at radius 2 is 1.86 bits per heavy atom. The van der Waals surface area contributed by atoms with Crippen LogP contribution in [0.1, 0.15) is 0 Å². The fourth-order valence-electron chi connectivity index (χ4n) is 2.69. The van der Waals surface area contributed by atoms with Gasteiger partial charge in [0.1, 0.15) is 5.52 Å². The fraction of sp³-hybridized carbons (Fsp3) is 0.385. The van der Waals surface area contributed by atoms with Crippen LogP contribution in [0.2, 0.25) is 0 Å². The van der Waals surface area contributed by atoms with Gasteiger partial charge in [-0.2, -0.15) is 4.52 Å². The largest absolute Gasteiger partial charge is 0.351 e. The van der Waals surface area contributed by atoms with Gasteiger partial charge in [0.25, 0.3) is 0 Å². The lowest BCUT2D eigenvalue weighted by atomic mass is 10.2. The number of hydrogen-bond acceptors (Lipinski definition) is 6. The Morgan fingerprint density at radius 1 is 1.09 bits per heavy atom. The SMILES string of the molecule is CN1CCN(c2nc3ccc(F)c(F)c3n3nnnc23)CC1. The lowest BCUT2D eigenvalue weighted by Crippen LogP contribution is -2.45. The highest BCUT2D eigenvalue weighted by Gasteiger charge is 2.23. The standard InChI is InChI=1S/C13H13F2N7/c1-20-4-6-21(7-5-20)12-13-17-18-19-22(13)11-9(16-12)3-2-8(14)10(11)15/h2-3H,4-7H2,1H3. The third-order valence-corrected chi connectivity index (χ3v) is 3.96. The molecule has 0 bridgehead atoms. The van der Waals surface area contributed by atoms with Crippen molar-refractivity contribution in [3.63, 3.8) is 0 Å². The molecular formula is C13H13F2N7. The van der Waals surface area contributed by atoms with Crippen LogP contribution in [0, 0.1) is 11.6 Å². The number of fused-ring (bicyclic) bond motifs is 3. The summed E-state index contributed by atoms with van der Waals surface area (Å²) in [6.45, 7) is 3.35. The second kappa shape index (κ2) is 4.80. The normalized spacial score (nSPS) is 16.8. The predicted molar refractivity (Wildman–Crippen MR) is 75.7 cm³/mol. The van der Waals surface area contributed by atoms with E-state index in [2.05, 4.69) is 37.4 Å². The number of aromatic nitrogens is 5. The van der Waals surface area contributed by atoms with Crippen molar-refractivity contribution < 1.29 is 8.78 Å². The molecular weight excluding hydrogens is 292 g/mol. The average molecular weight is 305 g/mol. The zero-order chi connectivity index (χ0) is 15.3. The Hall–Kier alpha value is -2.42. The fourth-order valence-corrected chi connectivity index (χ4v) is 2.69. The quantitative estimate of drug-likeness (QED) is 0.659. The first-order valence-electron chi connectivity index (χ1n) is 6.94. The van der Waals surface area contributed by atoms with Crippen LogP contribution in [0.3, 0.4) is 0 Å². The van der Waals surface area contributed by atoms with E-state index in [0.29, 0.717) is 17.0 Å². The van der Waals surface area contributed by atoms with Crippen LogP contribution in [0.15, 0.2) is 12.1 Å². The maximum Gasteiger partial charge on any atom is 0.222 e. The molecule has 0 amide bonds. The molecule has 1 aromatic carbocycles. The van der Waals surface area contributed by atoms with E-state index in [1.165, 1.54) is 10.6 Å². The minimum Gasteiger partial charge on any atom is -0.351 e. The summed E-state index contributed by atoms with van der Waals surface area (Å²) < 4.78 is 28.8. The molecule has 1 aliphatic heterocycles. The molecule has 4 rings (SSSR count). The van der Waals surface area contributed by atoms with Gasteiger partial charge in [0.15, 0.2) is 17.5 Å². The minimum absolute atomic E-state index is 0.0436. The first kappa shape index (κ1) is 13.3. The zero-order valence-electron chi connectivity index (χ0n) is 11.9. The van der Waals surface area contributed by atoms with E-state index >= 15 is 0 Å². The van der Waals surface area contributed by atoms with E-state index in [4.69, 9.17) is 0 Å². The predicted octanol–water partition coefficient (Wildman–Crippen LogP) is 0.702. The highest BCUT2D eigenvalue weighted by Crippen LogP contribution is 2.25. The molecule has 2 aromatic heterocycles. The van der Waals surface area contributed by atoms with Gasteiger partial charge in [0.2, 0.25) is 5.65 Å². The Bertz CT molecular complexity index is 854. The van der Waals surface area contributed by atoms with Gasteiger partial charge in [-0.25, -0.2) is 13.8 Å². The van der Waals surface area contributed by atoms with E-state index in [9.17, 15) is 8.78 Å². The maximum absolute atomic E-state index is 14.1. The van der Waals surface area contributed by atoms with E-state index < -0.39 is 11.6 Å². The van der Waals surface area contributed by atoms with Gasteiger partial charge < -0.3 is 9.80 Å². The van der Waals surface area contributed by atoms with Crippen LogP contribution in [-0.4, -0.2) is 63.2 Å². The lowest BCUT2D eigenvalue weighted by molar-refractivity contribution is 0.312. The monoisotopic (exact) mass is 305 g/mol. The molecule has 7 nitrogen and oxygen atoms in total. The van der Waals surface area contributed by atoms with Gasteiger partial charge in [0, 0.05) is 26.2 Å². The van der Waals surface area contributed by atoms with Crippen LogP contribution in [-0.2, 0) is 0 Å². The molecule has 114 valence electrons. The minimum atomic E-state index is -0.993. The number of hydrogen-bond donors (Lipinski definition) is 0. The second-order valence-corrected chi connectivity index (χ2v) is 5.37. The number of rotatable bonds is 1. The molecule has 9 heteroatoms. The maximum atomic E-state index is 14.1. The Morgan fingerprint density at radius 3 is 2.64 bits per heavy atom. The molecule has 3 aromatic rings. The molecule has 1 saturated heterocycles. The summed E-state index contributed by atoms with van der Waals surface area (Å²) in [4.78, 5) is 8.74. The van der Waals surface area contributed by atoms with E-state index in [0.717, 1.165) is 32.2 Å². The van der Waals surface area contributed by atoms with Crippen molar-refractivity contribution in [3.05, 3.63) is 23.8 Å². The molecule has 0 spiro atoms. The number of nitrogens with zero attached hydrogens (tertiary/aromatic N) is 7. The second-order valence-electron chi connectivity index (χ2n) is 5.37. The Balaban J connectivity index is 1.95. The van der Waals surface area contributed by atoms with E-state index in [1.54, 1.807) is 0 Å². The first-order valence-corrected chi connectivity index (χ1v) is 6.94. The van der Waals surface area contributed by atoms with Gasteiger partial charge in [0.05, 0.1) is 5.52 Å². The van der Waals surface area contributed by atoms with Gasteiger partial charge in [-0.05, 0) is 29.6 Å². The molecule has 22 heavy (non-hydrogen) atoms. The summed E-state index contributed by atoms with van der Waals surface area (Å²) in [5.41, 5.74) is 0.618. The van der Waals surface area contributed by atoms with E-state index in [-0.39, 0.29) is 5.52 Å². The van der Waals surface area contributed by atoms with Crippen LogP contribution < -0.4 is 4.90 Å². The van der Waals surface area contributed by atoms with Crippen molar-refractivity contribution in [1.29, 1.82) is 0 Å². The Kier molecular flexibility index (Phi) is 2.89. The topological polar surface area (TPSA) is 62.5 Å². The van der Waals surface area contributed by atoms with Gasteiger partial charge in [-0.15, -0.1) is 5.10 Å². The summed E-state index contributed by atoms with van der Waals surface area (Å²) >= 11 is 0. The summed E-state index contributed by atoms with van der Waals surface area (Å²) in [5, 5.41) is 11.3.